The van der Waals surface area contributed by atoms with E-state index in [1.165, 1.54) is 42.5 Å². The smallest absolute Gasteiger partial charge is 0.268 e. The van der Waals surface area contributed by atoms with E-state index in [1.54, 1.807) is 6.07 Å². The molecule has 1 heterocycles. The number of halogens is 1. The zero-order valence-electron chi connectivity index (χ0n) is 13.9. The van der Waals surface area contributed by atoms with Gasteiger partial charge in [-0.3, -0.25) is 34.7 Å². The first kappa shape index (κ1) is 19.5. The Bertz CT molecular complexity index is 1050. The lowest BCUT2D eigenvalue weighted by Crippen LogP contribution is -2.27. The van der Waals surface area contributed by atoms with Gasteiger partial charge in [0.05, 0.1) is 21.3 Å². The van der Waals surface area contributed by atoms with Crippen LogP contribution < -0.4 is 0 Å². The zero-order valence-corrected chi connectivity index (χ0v) is 15.5. The largest absolute Gasteiger partial charge is 0.293 e. The number of non-ortho nitro benzene ring substituents is 1. The highest BCUT2D eigenvalue weighted by molar-refractivity contribution is 8.18. The number of carbonyl (C=O) groups excluding carboxylic acids is 2. The predicted octanol–water partition coefficient (Wildman–Crippen LogP) is 4.39. The fraction of sp³-hybridized carbons (Fsp3) is 0.0588. The van der Waals surface area contributed by atoms with Gasteiger partial charge in [-0.15, -0.1) is 0 Å². The summed E-state index contributed by atoms with van der Waals surface area (Å²) < 4.78 is 0. The van der Waals surface area contributed by atoms with Crippen molar-refractivity contribution in [3.8, 4) is 0 Å². The molecule has 11 heteroatoms. The summed E-state index contributed by atoms with van der Waals surface area (Å²) in [5.74, 6) is -0.584. The number of amides is 2. The molecular formula is C17H10ClN3O6S. The highest BCUT2D eigenvalue weighted by Gasteiger charge is 2.35. The summed E-state index contributed by atoms with van der Waals surface area (Å²) in [5, 5.41) is 21.3. The van der Waals surface area contributed by atoms with Crippen molar-refractivity contribution in [2.45, 2.75) is 6.54 Å². The maximum Gasteiger partial charge on any atom is 0.293 e. The monoisotopic (exact) mass is 419 g/mol. The Morgan fingerprint density at radius 2 is 1.82 bits per heavy atom. The number of benzene rings is 2. The van der Waals surface area contributed by atoms with Gasteiger partial charge in [-0.25, -0.2) is 0 Å². The minimum Gasteiger partial charge on any atom is -0.268 e. The molecule has 0 saturated carbocycles. The van der Waals surface area contributed by atoms with E-state index in [9.17, 15) is 29.8 Å². The average Bonchev–Trinajstić information content (AvgIpc) is 2.90. The Morgan fingerprint density at radius 3 is 2.50 bits per heavy atom. The van der Waals surface area contributed by atoms with Crippen LogP contribution in [-0.2, 0) is 11.3 Å². The van der Waals surface area contributed by atoms with Gasteiger partial charge >= 0.3 is 0 Å². The van der Waals surface area contributed by atoms with Crippen LogP contribution in [0.3, 0.4) is 0 Å². The fourth-order valence-electron chi connectivity index (χ4n) is 2.50. The molecule has 2 aromatic rings. The number of carbonyl (C=O) groups is 2. The van der Waals surface area contributed by atoms with Gasteiger partial charge in [0.2, 0.25) is 0 Å². The Balaban J connectivity index is 1.85. The van der Waals surface area contributed by atoms with Crippen molar-refractivity contribution in [3.63, 3.8) is 0 Å². The Hall–Kier alpha value is -3.24. The third-order valence-electron chi connectivity index (χ3n) is 3.80. The topological polar surface area (TPSA) is 124 Å². The maximum absolute atomic E-state index is 12.6. The van der Waals surface area contributed by atoms with E-state index in [0.29, 0.717) is 22.9 Å². The second kappa shape index (κ2) is 7.79. The minimum absolute atomic E-state index is 0.0408. The Morgan fingerprint density at radius 1 is 1.07 bits per heavy atom. The van der Waals surface area contributed by atoms with E-state index in [2.05, 4.69) is 0 Å². The van der Waals surface area contributed by atoms with Crippen LogP contribution in [0.25, 0.3) is 6.08 Å². The molecule has 1 saturated heterocycles. The molecule has 2 amide bonds. The Kier molecular flexibility index (Phi) is 5.43. The molecule has 0 atom stereocenters. The van der Waals surface area contributed by atoms with Crippen LogP contribution in [0.15, 0.2) is 47.4 Å². The fourth-order valence-corrected chi connectivity index (χ4v) is 3.52. The maximum atomic E-state index is 12.6. The van der Waals surface area contributed by atoms with Crippen LogP contribution >= 0.6 is 23.4 Å². The van der Waals surface area contributed by atoms with Crippen molar-refractivity contribution in [1.82, 2.24) is 4.90 Å². The Labute approximate surface area is 166 Å². The molecule has 0 radical (unpaired) electrons. The summed E-state index contributed by atoms with van der Waals surface area (Å²) >= 11 is 6.45. The van der Waals surface area contributed by atoms with Gasteiger partial charge < -0.3 is 0 Å². The first-order chi connectivity index (χ1) is 13.3. The van der Waals surface area contributed by atoms with Crippen molar-refractivity contribution < 1.29 is 19.4 Å². The summed E-state index contributed by atoms with van der Waals surface area (Å²) in [6.45, 7) is -0.121. The molecule has 0 aromatic heterocycles. The molecule has 0 aliphatic carbocycles. The molecule has 0 spiro atoms. The van der Waals surface area contributed by atoms with Crippen molar-refractivity contribution >= 4 is 52.0 Å². The number of nitro groups is 2. The number of hydrogen-bond donors (Lipinski definition) is 0. The van der Waals surface area contributed by atoms with Gasteiger partial charge in [0.1, 0.15) is 5.02 Å². The molecule has 0 bridgehead atoms. The molecular weight excluding hydrogens is 410 g/mol. The number of thioether (sulfide) groups is 1. The molecule has 0 N–H and O–H groups in total. The van der Waals surface area contributed by atoms with Crippen molar-refractivity contribution in [2.24, 2.45) is 0 Å². The SMILES string of the molecule is O=C1S/C(=C/c2ccc(Cl)c([N+](=O)[O-])c2)C(=O)N1Cc1cccc([N+](=O)[O-])c1. The van der Waals surface area contributed by atoms with E-state index < -0.39 is 21.0 Å². The first-order valence-electron chi connectivity index (χ1n) is 7.69. The summed E-state index contributed by atoms with van der Waals surface area (Å²) in [4.78, 5) is 46.4. The molecule has 9 nitrogen and oxygen atoms in total. The summed E-state index contributed by atoms with van der Waals surface area (Å²) in [6.07, 6.45) is 1.36. The number of nitrogens with zero attached hydrogens (tertiary/aromatic N) is 3. The average molecular weight is 420 g/mol. The molecule has 3 rings (SSSR count). The molecule has 2 aromatic carbocycles. The lowest BCUT2D eigenvalue weighted by molar-refractivity contribution is -0.385. The number of rotatable bonds is 5. The van der Waals surface area contributed by atoms with E-state index in [4.69, 9.17) is 11.6 Å². The van der Waals surface area contributed by atoms with Gasteiger partial charge in [-0.1, -0.05) is 29.8 Å². The highest BCUT2D eigenvalue weighted by atomic mass is 35.5. The van der Waals surface area contributed by atoms with Crippen molar-refractivity contribution in [2.75, 3.05) is 0 Å². The van der Waals surface area contributed by atoms with Gasteiger partial charge in [0, 0.05) is 18.2 Å². The predicted molar refractivity (Wildman–Crippen MR) is 103 cm³/mol. The summed E-state index contributed by atoms with van der Waals surface area (Å²) in [7, 11) is 0. The number of hydrogen-bond acceptors (Lipinski definition) is 7. The van der Waals surface area contributed by atoms with Crippen LogP contribution in [0.4, 0.5) is 16.2 Å². The first-order valence-corrected chi connectivity index (χ1v) is 8.88. The van der Waals surface area contributed by atoms with Crippen molar-refractivity contribution in [1.29, 1.82) is 0 Å². The second-order valence-corrected chi connectivity index (χ2v) is 7.06. The summed E-state index contributed by atoms with van der Waals surface area (Å²) in [6, 6.07) is 9.66. The number of nitro benzene ring substituents is 2. The summed E-state index contributed by atoms with van der Waals surface area (Å²) in [5.41, 5.74) is 0.316. The van der Waals surface area contributed by atoms with Crippen LogP contribution in [0.2, 0.25) is 5.02 Å². The van der Waals surface area contributed by atoms with Gasteiger partial charge in [0.15, 0.2) is 0 Å². The normalized spacial score (nSPS) is 15.3. The third kappa shape index (κ3) is 4.02. The molecule has 142 valence electrons. The molecule has 1 fully saturated rings. The molecule has 28 heavy (non-hydrogen) atoms. The van der Waals surface area contributed by atoms with E-state index in [-0.39, 0.29) is 27.8 Å². The second-order valence-electron chi connectivity index (χ2n) is 5.66. The van der Waals surface area contributed by atoms with E-state index in [0.717, 1.165) is 4.90 Å². The van der Waals surface area contributed by atoms with E-state index >= 15 is 0 Å². The lowest BCUT2D eigenvalue weighted by atomic mass is 10.1. The number of imide groups is 1. The third-order valence-corrected chi connectivity index (χ3v) is 5.03. The lowest BCUT2D eigenvalue weighted by Gasteiger charge is -2.12. The van der Waals surface area contributed by atoms with Gasteiger partial charge in [0.25, 0.3) is 22.5 Å². The van der Waals surface area contributed by atoms with Crippen LogP contribution in [0, 0.1) is 20.2 Å². The highest BCUT2D eigenvalue weighted by Crippen LogP contribution is 2.34. The molecule has 1 aliphatic heterocycles. The minimum atomic E-state index is -0.645. The van der Waals surface area contributed by atoms with Gasteiger partial charge in [-0.2, -0.15) is 0 Å². The zero-order chi connectivity index (χ0) is 20.4. The van der Waals surface area contributed by atoms with Gasteiger partial charge in [-0.05, 0) is 35.0 Å². The van der Waals surface area contributed by atoms with Crippen LogP contribution in [0.1, 0.15) is 11.1 Å². The van der Waals surface area contributed by atoms with Crippen LogP contribution in [-0.4, -0.2) is 25.9 Å². The van der Waals surface area contributed by atoms with Crippen LogP contribution in [0.5, 0.6) is 0 Å². The molecule has 1 aliphatic rings. The standard InChI is InChI=1S/C17H10ClN3O6S/c18-13-5-4-10(7-14(13)21(26)27)8-15-16(22)19(17(23)28-15)9-11-2-1-3-12(6-11)20(24)25/h1-8H,9H2/b15-8+. The molecule has 0 unspecified atom stereocenters. The quantitative estimate of drug-likeness (QED) is 0.399. The van der Waals surface area contributed by atoms with E-state index in [1.807, 2.05) is 0 Å². The van der Waals surface area contributed by atoms with Crippen molar-refractivity contribution in [3.05, 3.63) is 83.7 Å².